The van der Waals surface area contributed by atoms with Crippen LogP contribution >= 0.6 is 0 Å². The Kier molecular flexibility index (Phi) is 3.65. The van der Waals surface area contributed by atoms with Crippen molar-refractivity contribution in [1.82, 2.24) is 25.8 Å². The van der Waals surface area contributed by atoms with Crippen LogP contribution in [-0.2, 0) is 11.8 Å². The van der Waals surface area contributed by atoms with Crippen LogP contribution < -0.4 is 10.6 Å². The van der Waals surface area contributed by atoms with Crippen LogP contribution in [0, 0.1) is 0 Å². The Balaban J connectivity index is 1.56. The lowest BCUT2D eigenvalue weighted by Gasteiger charge is -2.30. The fraction of sp³-hybridized carbons (Fsp3) is 0.429. The number of nitrogens with one attached hydrogen (secondary N) is 4. The minimum absolute atomic E-state index is 0.00891. The summed E-state index contributed by atoms with van der Waals surface area (Å²) in [6.45, 7) is 6.41. The normalized spacial score (nSPS) is 20.9. The molecule has 1 saturated heterocycles. The fourth-order valence-corrected chi connectivity index (χ4v) is 4.69. The summed E-state index contributed by atoms with van der Waals surface area (Å²) in [7, 11) is 0. The number of carbonyl (C=O) groups excluding carboxylic acids is 1. The molecule has 140 valence electrons. The second kappa shape index (κ2) is 5.96. The van der Waals surface area contributed by atoms with Crippen LogP contribution in [0.2, 0.25) is 0 Å². The first-order valence-electron chi connectivity index (χ1n) is 9.74. The third-order valence-corrected chi connectivity index (χ3v) is 5.96. The van der Waals surface area contributed by atoms with Crippen LogP contribution in [0.15, 0.2) is 24.4 Å². The first kappa shape index (κ1) is 16.6. The number of benzene rings is 1. The molecule has 1 atom stereocenters. The molecule has 1 aromatic carbocycles. The van der Waals surface area contributed by atoms with Gasteiger partial charge in [-0.2, -0.15) is 5.10 Å². The van der Waals surface area contributed by atoms with Crippen molar-refractivity contribution in [3.8, 4) is 11.4 Å². The minimum atomic E-state index is -0.0210. The molecule has 1 fully saturated rings. The van der Waals surface area contributed by atoms with Gasteiger partial charge in [0.15, 0.2) is 0 Å². The standard InChI is InChI=1S/C21H25N5O/c1-21(2)9-13-10-23-26-18(13)19-17(21)15-8-12(5-6-16(15)25-19)20(27)24-14-4-3-7-22-11-14/h5-6,8,10,14,22,25H,3-4,7,9,11H2,1-2H3,(H,23,26)(H,24,27). The molecular formula is C21H25N5O. The summed E-state index contributed by atoms with van der Waals surface area (Å²) in [5, 5.41) is 15.1. The molecule has 0 saturated carbocycles. The van der Waals surface area contributed by atoms with E-state index in [1.165, 1.54) is 11.1 Å². The molecule has 1 aliphatic heterocycles. The van der Waals surface area contributed by atoms with Gasteiger partial charge < -0.3 is 15.6 Å². The molecule has 1 amide bonds. The number of aromatic amines is 2. The van der Waals surface area contributed by atoms with Gasteiger partial charge in [0.25, 0.3) is 5.91 Å². The summed E-state index contributed by atoms with van der Waals surface area (Å²) in [6, 6.07) is 6.18. The number of nitrogens with zero attached hydrogens (tertiary/aromatic N) is 1. The van der Waals surface area contributed by atoms with Crippen molar-refractivity contribution in [2.24, 2.45) is 0 Å². The van der Waals surface area contributed by atoms with E-state index in [2.05, 4.69) is 39.7 Å². The highest BCUT2D eigenvalue weighted by Gasteiger charge is 2.35. The fourth-order valence-electron chi connectivity index (χ4n) is 4.69. The van der Waals surface area contributed by atoms with E-state index in [1.807, 2.05) is 24.4 Å². The van der Waals surface area contributed by atoms with E-state index in [0.29, 0.717) is 0 Å². The molecule has 1 unspecified atom stereocenters. The lowest BCUT2D eigenvalue weighted by atomic mass is 9.73. The van der Waals surface area contributed by atoms with Gasteiger partial charge in [-0.15, -0.1) is 0 Å². The number of carbonyl (C=O) groups is 1. The number of rotatable bonds is 2. The van der Waals surface area contributed by atoms with E-state index in [9.17, 15) is 4.79 Å². The third-order valence-electron chi connectivity index (χ3n) is 5.96. The van der Waals surface area contributed by atoms with Gasteiger partial charge in [-0.3, -0.25) is 9.89 Å². The monoisotopic (exact) mass is 363 g/mol. The molecule has 2 aliphatic rings. The number of piperidine rings is 1. The molecular weight excluding hydrogens is 338 g/mol. The van der Waals surface area contributed by atoms with Crippen molar-refractivity contribution in [2.45, 2.75) is 44.6 Å². The van der Waals surface area contributed by atoms with Gasteiger partial charge in [-0.05, 0) is 55.0 Å². The number of hydrogen-bond acceptors (Lipinski definition) is 3. The minimum Gasteiger partial charge on any atom is -0.353 e. The van der Waals surface area contributed by atoms with Gasteiger partial charge in [0.05, 0.1) is 5.69 Å². The lowest BCUT2D eigenvalue weighted by Crippen LogP contribution is -2.45. The highest BCUT2D eigenvalue weighted by atomic mass is 16.1. The van der Waals surface area contributed by atoms with Gasteiger partial charge in [0, 0.05) is 40.8 Å². The Morgan fingerprint density at radius 1 is 1.33 bits per heavy atom. The number of hydrogen-bond donors (Lipinski definition) is 4. The highest BCUT2D eigenvalue weighted by Crippen LogP contribution is 2.45. The molecule has 6 nitrogen and oxygen atoms in total. The number of aromatic nitrogens is 3. The summed E-state index contributed by atoms with van der Waals surface area (Å²) in [4.78, 5) is 16.3. The van der Waals surface area contributed by atoms with E-state index in [-0.39, 0.29) is 17.4 Å². The molecule has 2 aromatic heterocycles. The third kappa shape index (κ3) is 2.67. The summed E-state index contributed by atoms with van der Waals surface area (Å²) < 4.78 is 0. The highest BCUT2D eigenvalue weighted by molar-refractivity contribution is 6.01. The van der Waals surface area contributed by atoms with E-state index in [1.54, 1.807) is 0 Å². The van der Waals surface area contributed by atoms with Gasteiger partial charge in [0.1, 0.15) is 5.69 Å². The van der Waals surface area contributed by atoms with Crippen molar-refractivity contribution >= 4 is 16.8 Å². The second-order valence-corrected chi connectivity index (χ2v) is 8.47. The molecule has 27 heavy (non-hydrogen) atoms. The molecule has 1 aliphatic carbocycles. The maximum absolute atomic E-state index is 12.8. The smallest absolute Gasteiger partial charge is 0.251 e. The summed E-state index contributed by atoms with van der Waals surface area (Å²) in [5.41, 5.74) is 6.32. The van der Waals surface area contributed by atoms with Crippen LogP contribution in [-0.4, -0.2) is 40.2 Å². The molecule has 3 heterocycles. The van der Waals surface area contributed by atoms with Crippen LogP contribution in [0.4, 0.5) is 0 Å². The summed E-state index contributed by atoms with van der Waals surface area (Å²) in [5.74, 6) is 0.00891. The van der Waals surface area contributed by atoms with Crippen molar-refractivity contribution < 1.29 is 4.79 Å². The topological polar surface area (TPSA) is 85.6 Å². The predicted octanol–water partition coefficient (Wildman–Crippen LogP) is 2.87. The molecule has 3 aromatic rings. The Hall–Kier alpha value is -2.60. The van der Waals surface area contributed by atoms with Crippen molar-refractivity contribution in [3.63, 3.8) is 0 Å². The average molecular weight is 363 g/mol. The maximum atomic E-state index is 12.8. The average Bonchev–Trinajstić information content (AvgIpc) is 3.25. The Morgan fingerprint density at radius 2 is 2.22 bits per heavy atom. The molecule has 6 heteroatoms. The van der Waals surface area contributed by atoms with Crippen LogP contribution in [0.25, 0.3) is 22.3 Å². The van der Waals surface area contributed by atoms with E-state index in [0.717, 1.165) is 60.2 Å². The lowest BCUT2D eigenvalue weighted by molar-refractivity contribution is 0.0931. The predicted molar refractivity (Wildman–Crippen MR) is 106 cm³/mol. The molecule has 0 spiro atoms. The largest absolute Gasteiger partial charge is 0.353 e. The van der Waals surface area contributed by atoms with E-state index >= 15 is 0 Å². The Labute approximate surface area is 158 Å². The number of fused-ring (bicyclic) bond motifs is 5. The van der Waals surface area contributed by atoms with Gasteiger partial charge in [-0.25, -0.2) is 0 Å². The van der Waals surface area contributed by atoms with Crippen molar-refractivity contribution in [2.75, 3.05) is 13.1 Å². The number of H-pyrrole nitrogens is 2. The quantitative estimate of drug-likeness (QED) is 0.565. The first-order valence-corrected chi connectivity index (χ1v) is 9.74. The number of amides is 1. The first-order chi connectivity index (χ1) is 13.0. The molecule has 0 bridgehead atoms. The van der Waals surface area contributed by atoms with Crippen LogP contribution in [0.5, 0.6) is 0 Å². The van der Waals surface area contributed by atoms with E-state index in [4.69, 9.17) is 0 Å². The zero-order valence-electron chi connectivity index (χ0n) is 15.8. The molecule has 4 N–H and O–H groups in total. The van der Waals surface area contributed by atoms with Crippen LogP contribution in [0.1, 0.15) is 48.2 Å². The zero-order valence-corrected chi connectivity index (χ0v) is 15.8. The molecule has 0 radical (unpaired) electrons. The van der Waals surface area contributed by atoms with Gasteiger partial charge in [-0.1, -0.05) is 13.8 Å². The SMILES string of the molecule is CC1(C)Cc2c[nH]nc2-c2[nH]c3ccc(C(=O)NC4CCCNC4)cc3c21. The molecule has 5 rings (SSSR count). The van der Waals surface area contributed by atoms with Gasteiger partial charge in [0.2, 0.25) is 0 Å². The van der Waals surface area contributed by atoms with E-state index < -0.39 is 0 Å². The Bertz CT molecular complexity index is 1020. The zero-order chi connectivity index (χ0) is 18.6. The van der Waals surface area contributed by atoms with Crippen LogP contribution in [0.3, 0.4) is 0 Å². The summed E-state index contributed by atoms with van der Waals surface area (Å²) in [6.07, 6.45) is 5.07. The maximum Gasteiger partial charge on any atom is 0.251 e. The Morgan fingerprint density at radius 3 is 3.04 bits per heavy atom. The second-order valence-electron chi connectivity index (χ2n) is 8.47. The van der Waals surface area contributed by atoms with Gasteiger partial charge >= 0.3 is 0 Å². The summed E-state index contributed by atoms with van der Waals surface area (Å²) >= 11 is 0. The van der Waals surface area contributed by atoms with Crippen molar-refractivity contribution in [1.29, 1.82) is 0 Å². The van der Waals surface area contributed by atoms with Crippen molar-refractivity contribution in [3.05, 3.63) is 41.1 Å².